The third-order valence-corrected chi connectivity index (χ3v) is 5.50. The zero-order valence-electron chi connectivity index (χ0n) is 17.3. The van der Waals surface area contributed by atoms with Crippen molar-refractivity contribution < 1.29 is 19.4 Å². The summed E-state index contributed by atoms with van der Waals surface area (Å²) in [7, 11) is 0. The maximum absolute atomic E-state index is 12.5. The summed E-state index contributed by atoms with van der Waals surface area (Å²) in [6, 6.07) is 12.3. The number of nitrogens with zero attached hydrogens (tertiary/aromatic N) is 2. The second kappa shape index (κ2) is 9.11. The molecule has 2 N–H and O–H groups in total. The highest BCUT2D eigenvalue weighted by Crippen LogP contribution is 2.24. The molecule has 3 rings (SSSR count). The molecule has 8 heteroatoms. The number of aromatic hydroxyl groups is 1. The molecule has 0 aliphatic carbocycles. The maximum atomic E-state index is 12.5. The summed E-state index contributed by atoms with van der Waals surface area (Å²) in [4.78, 5) is 28.6. The first-order valence-corrected chi connectivity index (χ1v) is 10.8. The van der Waals surface area contributed by atoms with Crippen LogP contribution in [0.2, 0.25) is 0 Å². The van der Waals surface area contributed by atoms with Gasteiger partial charge in [0.2, 0.25) is 0 Å². The van der Waals surface area contributed by atoms with Crippen LogP contribution in [0, 0.1) is 3.57 Å². The smallest absolute Gasteiger partial charge is 0.410 e. The maximum Gasteiger partial charge on any atom is 0.410 e. The van der Waals surface area contributed by atoms with Crippen LogP contribution in [0.5, 0.6) is 5.75 Å². The molecule has 0 radical (unpaired) electrons. The van der Waals surface area contributed by atoms with Crippen LogP contribution in [0.3, 0.4) is 0 Å². The van der Waals surface area contributed by atoms with Crippen LogP contribution in [-0.2, 0) is 4.74 Å². The predicted octanol–water partition coefficient (Wildman–Crippen LogP) is 4.31. The Morgan fingerprint density at radius 3 is 2.23 bits per heavy atom. The third kappa shape index (κ3) is 5.78. The van der Waals surface area contributed by atoms with Crippen LogP contribution in [0.1, 0.15) is 31.1 Å². The Balaban J connectivity index is 1.56. The Bertz CT molecular complexity index is 917. The van der Waals surface area contributed by atoms with Gasteiger partial charge in [0.05, 0.1) is 3.57 Å². The zero-order valence-corrected chi connectivity index (χ0v) is 19.5. The predicted molar refractivity (Wildman–Crippen MR) is 125 cm³/mol. The van der Waals surface area contributed by atoms with Crippen molar-refractivity contribution in [2.45, 2.75) is 26.4 Å². The van der Waals surface area contributed by atoms with Crippen molar-refractivity contribution in [2.24, 2.45) is 0 Å². The summed E-state index contributed by atoms with van der Waals surface area (Å²) in [6.07, 6.45) is -0.280. The number of piperazine rings is 1. The van der Waals surface area contributed by atoms with E-state index < -0.39 is 5.60 Å². The number of ether oxygens (including phenoxy) is 1. The van der Waals surface area contributed by atoms with Gasteiger partial charge in [-0.15, -0.1) is 0 Å². The molecule has 0 spiro atoms. The Kier molecular flexibility index (Phi) is 6.74. The lowest BCUT2D eigenvalue weighted by atomic mass is 10.1. The molecular formula is C22H26IN3O4. The molecule has 7 nitrogen and oxygen atoms in total. The Labute approximate surface area is 190 Å². The number of carbonyl (C=O) groups is 2. The Morgan fingerprint density at radius 1 is 1.03 bits per heavy atom. The summed E-state index contributed by atoms with van der Waals surface area (Å²) in [5.74, 6) is -0.0255. The van der Waals surface area contributed by atoms with Gasteiger partial charge in [-0.1, -0.05) is 0 Å². The number of benzene rings is 2. The summed E-state index contributed by atoms with van der Waals surface area (Å²) < 4.78 is 6.11. The minimum absolute atomic E-state index is 0.185. The minimum atomic E-state index is -0.497. The summed E-state index contributed by atoms with van der Waals surface area (Å²) in [5.41, 5.74) is 1.69. The molecule has 1 saturated heterocycles. The second-order valence-corrected chi connectivity index (χ2v) is 9.28. The molecule has 2 amide bonds. The lowest BCUT2D eigenvalue weighted by Crippen LogP contribution is -2.50. The van der Waals surface area contributed by atoms with Crippen LogP contribution < -0.4 is 10.2 Å². The second-order valence-electron chi connectivity index (χ2n) is 8.12. The molecule has 0 bridgehead atoms. The highest BCUT2D eigenvalue weighted by Gasteiger charge is 2.26. The van der Waals surface area contributed by atoms with E-state index in [0.717, 1.165) is 5.69 Å². The number of hydrogen-bond donors (Lipinski definition) is 2. The monoisotopic (exact) mass is 523 g/mol. The number of phenols is 1. The molecule has 1 aliphatic rings. The SMILES string of the molecule is CC(C)(C)OC(=O)N1CCN(c2ccc(C(=O)Nc3ccc(O)c(I)c3)cc2)CC1. The van der Waals surface area contributed by atoms with Crippen molar-refractivity contribution in [1.82, 2.24) is 4.90 Å². The van der Waals surface area contributed by atoms with Gasteiger partial charge >= 0.3 is 6.09 Å². The third-order valence-electron chi connectivity index (χ3n) is 4.63. The van der Waals surface area contributed by atoms with Gasteiger partial charge in [-0.2, -0.15) is 0 Å². The van der Waals surface area contributed by atoms with E-state index in [1.54, 1.807) is 35.2 Å². The number of nitrogens with one attached hydrogen (secondary N) is 1. The van der Waals surface area contributed by atoms with E-state index in [1.165, 1.54) is 0 Å². The van der Waals surface area contributed by atoms with E-state index in [2.05, 4.69) is 10.2 Å². The molecule has 0 saturated carbocycles. The first-order chi connectivity index (χ1) is 14.1. The van der Waals surface area contributed by atoms with E-state index in [1.807, 2.05) is 55.5 Å². The standard InChI is InChI=1S/C22H26IN3O4/c1-22(2,3)30-21(29)26-12-10-25(11-13-26)17-7-4-15(5-8-17)20(28)24-16-6-9-19(27)18(23)14-16/h4-9,14,27H,10-13H2,1-3H3,(H,24,28). The average Bonchev–Trinajstić information content (AvgIpc) is 2.70. The van der Waals surface area contributed by atoms with Crippen molar-refractivity contribution in [2.75, 3.05) is 36.4 Å². The van der Waals surface area contributed by atoms with E-state index in [4.69, 9.17) is 4.74 Å². The molecule has 1 heterocycles. The highest BCUT2D eigenvalue weighted by atomic mass is 127. The largest absolute Gasteiger partial charge is 0.507 e. The van der Waals surface area contributed by atoms with Crippen LogP contribution in [-0.4, -0.2) is 53.8 Å². The molecule has 0 unspecified atom stereocenters. The summed E-state index contributed by atoms with van der Waals surface area (Å²) in [6.45, 7) is 8.19. The van der Waals surface area contributed by atoms with Gasteiger partial charge < -0.3 is 25.0 Å². The van der Waals surface area contributed by atoms with Crippen molar-refractivity contribution in [3.63, 3.8) is 0 Å². The first kappa shape index (κ1) is 22.2. The lowest BCUT2D eigenvalue weighted by molar-refractivity contribution is 0.0240. The van der Waals surface area contributed by atoms with Crippen LogP contribution >= 0.6 is 22.6 Å². The zero-order chi connectivity index (χ0) is 21.9. The van der Waals surface area contributed by atoms with E-state index in [-0.39, 0.29) is 17.7 Å². The van der Waals surface area contributed by atoms with Crippen LogP contribution in [0.4, 0.5) is 16.2 Å². The fourth-order valence-electron chi connectivity index (χ4n) is 3.09. The van der Waals surface area contributed by atoms with Crippen molar-refractivity contribution in [3.05, 3.63) is 51.6 Å². The average molecular weight is 523 g/mol. The Hall–Kier alpha value is -2.49. The van der Waals surface area contributed by atoms with Crippen LogP contribution in [0.15, 0.2) is 42.5 Å². The van der Waals surface area contributed by atoms with Gasteiger partial charge in [-0.25, -0.2) is 4.79 Å². The van der Waals surface area contributed by atoms with E-state index in [0.29, 0.717) is 41.0 Å². The fraction of sp³-hybridized carbons (Fsp3) is 0.364. The summed E-state index contributed by atoms with van der Waals surface area (Å²) in [5, 5.41) is 12.4. The number of phenolic OH excluding ortho intramolecular Hbond substituents is 1. The van der Waals surface area contributed by atoms with Gasteiger partial charge in [0.15, 0.2) is 0 Å². The normalized spacial score (nSPS) is 14.4. The number of halogens is 1. The van der Waals surface area contributed by atoms with Gasteiger partial charge in [-0.05, 0) is 85.8 Å². The van der Waals surface area contributed by atoms with Gasteiger partial charge in [0.1, 0.15) is 11.4 Å². The van der Waals surface area contributed by atoms with E-state index >= 15 is 0 Å². The van der Waals surface area contributed by atoms with Crippen molar-refractivity contribution in [1.29, 1.82) is 0 Å². The first-order valence-electron chi connectivity index (χ1n) is 9.75. The molecule has 160 valence electrons. The molecule has 2 aromatic carbocycles. The minimum Gasteiger partial charge on any atom is -0.507 e. The molecule has 0 aromatic heterocycles. The van der Waals surface area contributed by atoms with Crippen molar-refractivity contribution >= 4 is 46.0 Å². The van der Waals surface area contributed by atoms with Crippen LogP contribution in [0.25, 0.3) is 0 Å². The van der Waals surface area contributed by atoms with Gasteiger partial charge in [0.25, 0.3) is 5.91 Å². The fourth-order valence-corrected chi connectivity index (χ4v) is 3.60. The molecular weight excluding hydrogens is 497 g/mol. The lowest BCUT2D eigenvalue weighted by Gasteiger charge is -2.36. The van der Waals surface area contributed by atoms with Gasteiger partial charge in [0, 0.05) is 43.1 Å². The quantitative estimate of drug-likeness (QED) is 0.463. The van der Waals surface area contributed by atoms with Crippen molar-refractivity contribution in [3.8, 4) is 5.75 Å². The number of carbonyl (C=O) groups excluding carboxylic acids is 2. The Morgan fingerprint density at radius 2 is 1.67 bits per heavy atom. The van der Waals surface area contributed by atoms with E-state index in [9.17, 15) is 14.7 Å². The highest BCUT2D eigenvalue weighted by molar-refractivity contribution is 14.1. The van der Waals surface area contributed by atoms with Gasteiger partial charge in [-0.3, -0.25) is 4.79 Å². The number of hydrogen-bond acceptors (Lipinski definition) is 5. The summed E-state index contributed by atoms with van der Waals surface area (Å²) >= 11 is 2.01. The number of rotatable bonds is 3. The molecule has 2 aromatic rings. The molecule has 1 aliphatic heterocycles. The molecule has 30 heavy (non-hydrogen) atoms. The molecule has 1 fully saturated rings. The molecule has 0 atom stereocenters. The topological polar surface area (TPSA) is 82.1 Å². The number of anilines is 2. The number of amides is 2.